The van der Waals surface area contributed by atoms with Gasteiger partial charge in [0.2, 0.25) is 0 Å². The van der Waals surface area contributed by atoms with Crippen molar-refractivity contribution in [2.45, 2.75) is 26.7 Å². The van der Waals surface area contributed by atoms with Gasteiger partial charge in [-0.1, -0.05) is 13.8 Å². The summed E-state index contributed by atoms with van der Waals surface area (Å²) in [6, 6.07) is 0. The van der Waals surface area contributed by atoms with Gasteiger partial charge in [-0.2, -0.15) is 11.8 Å². The van der Waals surface area contributed by atoms with E-state index in [0.29, 0.717) is 6.42 Å². The van der Waals surface area contributed by atoms with Crippen molar-refractivity contribution in [2.24, 2.45) is 5.92 Å². The molecule has 0 fully saturated rings. The van der Waals surface area contributed by atoms with Crippen molar-refractivity contribution >= 4 is 17.7 Å². The highest BCUT2D eigenvalue weighted by Crippen LogP contribution is 2.09. The molecule has 66 valence electrons. The zero-order chi connectivity index (χ0) is 8.69. The standard InChI is InChI=1S/C8H16O2S/c1-7(2)3-5-11-6-4-8(9)10/h7H,3-6H2,1-2H3,(H,9,10). The lowest BCUT2D eigenvalue weighted by Crippen LogP contribution is -1.97. The van der Waals surface area contributed by atoms with E-state index in [1.165, 1.54) is 6.42 Å². The smallest absolute Gasteiger partial charge is 0.304 e. The van der Waals surface area contributed by atoms with Gasteiger partial charge in [0.1, 0.15) is 0 Å². The van der Waals surface area contributed by atoms with E-state index in [1.54, 1.807) is 11.8 Å². The van der Waals surface area contributed by atoms with Crippen LogP contribution in [-0.2, 0) is 4.79 Å². The van der Waals surface area contributed by atoms with Gasteiger partial charge in [0.05, 0.1) is 6.42 Å². The number of carboxylic acid groups (broad SMARTS) is 1. The van der Waals surface area contributed by atoms with Crippen molar-refractivity contribution in [3.8, 4) is 0 Å². The van der Waals surface area contributed by atoms with Crippen LogP contribution in [0.1, 0.15) is 26.7 Å². The van der Waals surface area contributed by atoms with Gasteiger partial charge < -0.3 is 5.11 Å². The van der Waals surface area contributed by atoms with Crippen LogP contribution in [0.3, 0.4) is 0 Å². The van der Waals surface area contributed by atoms with Crippen molar-refractivity contribution in [1.82, 2.24) is 0 Å². The van der Waals surface area contributed by atoms with E-state index in [4.69, 9.17) is 5.11 Å². The Balaban J connectivity index is 2.97. The first-order valence-corrected chi connectivity index (χ1v) is 5.08. The number of carboxylic acids is 1. The number of thioether (sulfide) groups is 1. The summed E-state index contributed by atoms with van der Waals surface area (Å²) in [4.78, 5) is 10.1. The Labute approximate surface area is 72.4 Å². The van der Waals surface area contributed by atoms with Crippen LogP contribution in [0.15, 0.2) is 0 Å². The first-order chi connectivity index (χ1) is 5.13. The minimum atomic E-state index is -0.693. The van der Waals surface area contributed by atoms with Crippen LogP contribution in [0.25, 0.3) is 0 Å². The van der Waals surface area contributed by atoms with Gasteiger partial charge in [0, 0.05) is 5.75 Å². The van der Waals surface area contributed by atoms with Crippen LogP contribution in [0, 0.1) is 5.92 Å². The predicted molar refractivity (Wildman–Crippen MR) is 49.0 cm³/mol. The van der Waals surface area contributed by atoms with Crippen LogP contribution in [0.4, 0.5) is 0 Å². The maximum Gasteiger partial charge on any atom is 0.304 e. The van der Waals surface area contributed by atoms with E-state index < -0.39 is 5.97 Å². The Morgan fingerprint density at radius 2 is 2.09 bits per heavy atom. The fraction of sp³-hybridized carbons (Fsp3) is 0.875. The summed E-state index contributed by atoms with van der Waals surface area (Å²) in [6.07, 6.45) is 1.48. The molecule has 0 heterocycles. The Morgan fingerprint density at radius 1 is 1.45 bits per heavy atom. The average Bonchev–Trinajstić information content (AvgIpc) is 1.85. The molecule has 0 unspecified atom stereocenters. The van der Waals surface area contributed by atoms with Crippen LogP contribution >= 0.6 is 11.8 Å². The molecule has 0 saturated heterocycles. The number of hydrogen-bond donors (Lipinski definition) is 1. The average molecular weight is 176 g/mol. The molecule has 2 nitrogen and oxygen atoms in total. The Kier molecular flexibility index (Phi) is 6.42. The Morgan fingerprint density at radius 3 is 2.55 bits per heavy atom. The third-order valence-electron chi connectivity index (χ3n) is 1.30. The third kappa shape index (κ3) is 9.82. The SMILES string of the molecule is CC(C)CCSCCC(=O)O. The van der Waals surface area contributed by atoms with Crippen molar-refractivity contribution in [3.05, 3.63) is 0 Å². The molecule has 0 spiro atoms. The first-order valence-electron chi connectivity index (χ1n) is 3.92. The summed E-state index contributed by atoms with van der Waals surface area (Å²) in [5, 5.41) is 8.31. The lowest BCUT2D eigenvalue weighted by molar-refractivity contribution is -0.136. The van der Waals surface area contributed by atoms with E-state index >= 15 is 0 Å². The molecule has 0 rings (SSSR count). The molecule has 0 aliphatic rings. The van der Waals surface area contributed by atoms with E-state index in [-0.39, 0.29) is 0 Å². The molecule has 11 heavy (non-hydrogen) atoms. The monoisotopic (exact) mass is 176 g/mol. The van der Waals surface area contributed by atoms with Gasteiger partial charge in [-0.3, -0.25) is 4.79 Å². The quantitative estimate of drug-likeness (QED) is 0.631. The zero-order valence-corrected chi connectivity index (χ0v) is 7.99. The fourth-order valence-electron chi connectivity index (χ4n) is 0.581. The first kappa shape index (κ1) is 10.8. The van der Waals surface area contributed by atoms with Gasteiger partial charge in [0.15, 0.2) is 0 Å². The van der Waals surface area contributed by atoms with Crippen molar-refractivity contribution in [2.75, 3.05) is 11.5 Å². The zero-order valence-electron chi connectivity index (χ0n) is 7.17. The third-order valence-corrected chi connectivity index (χ3v) is 2.32. The molecule has 0 radical (unpaired) electrons. The molecule has 0 amide bonds. The highest BCUT2D eigenvalue weighted by molar-refractivity contribution is 7.99. The van der Waals surface area contributed by atoms with Gasteiger partial charge in [-0.25, -0.2) is 0 Å². The summed E-state index contributed by atoms with van der Waals surface area (Å²) in [5.41, 5.74) is 0. The van der Waals surface area contributed by atoms with Gasteiger partial charge in [0.25, 0.3) is 0 Å². The molecule has 0 aliphatic carbocycles. The van der Waals surface area contributed by atoms with Crippen LogP contribution in [0.5, 0.6) is 0 Å². The largest absolute Gasteiger partial charge is 0.481 e. The Bertz CT molecular complexity index is 113. The van der Waals surface area contributed by atoms with Gasteiger partial charge in [-0.15, -0.1) is 0 Å². The van der Waals surface area contributed by atoms with Crippen molar-refractivity contribution in [1.29, 1.82) is 0 Å². The van der Waals surface area contributed by atoms with E-state index in [9.17, 15) is 4.79 Å². The number of aliphatic carboxylic acids is 1. The fourth-order valence-corrected chi connectivity index (χ4v) is 1.74. The van der Waals surface area contributed by atoms with Gasteiger partial charge in [-0.05, 0) is 18.1 Å². The number of carbonyl (C=O) groups is 1. The molecule has 0 aromatic heterocycles. The summed E-state index contributed by atoms with van der Waals surface area (Å²) in [5.74, 6) is 1.88. The predicted octanol–water partition coefficient (Wildman–Crippen LogP) is 2.24. The summed E-state index contributed by atoms with van der Waals surface area (Å²) < 4.78 is 0. The van der Waals surface area contributed by atoms with Gasteiger partial charge >= 0.3 is 5.97 Å². The molecule has 0 aliphatic heterocycles. The number of hydrogen-bond acceptors (Lipinski definition) is 2. The summed E-state index contributed by atoms with van der Waals surface area (Å²) in [7, 11) is 0. The van der Waals surface area contributed by atoms with Crippen LogP contribution in [0.2, 0.25) is 0 Å². The number of rotatable bonds is 6. The highest BCUT2D eigenvalue weighted by Gasteiger charge is 1.97. The van der Waals surface area contributed by atoms with Crippen LogP contribution < -0.4 is 0 Å². The molecular formula is C8H16O2S. The van der Waals surface area contributed by atoms with E-state index in [2.05, 4.69) is 13.8 Å². The van der Waals surface area contributed by atoms with Crippen molar-refractivity contribution in [3.63, 3.8) is 0 Å². The Hall–Kier alpha value is -0.180. The molecule has 0 aromatic carbocycles. The molecule has 3 heteroatoms. The maximum absolute atomic E-state index is 10.1. The lowest BCUT2D eigenvalue weighted by Gasteiger charge is -2.02. The minimum absolute atomic E-state index is 0.294. The van der Waals surface area contributed by atoms with E-state index in [0.717, 1.165) is 17.4 Å². The maximum atomic E-state index is 10.1. The normalized spacial score (nSPS) is 10.5. The second-order valence-electron chi connectivity index (χ2n) is 2.94. The summed E-state index contributed by atoms with van der Waals surface area (Å²) in [6.45, 7) is 4.36. The molecule has 0 saturated carbocycles. The van der Waals surface area contributed by atoms with E-state index in [1.807, 2.05) is 0 Å². The second-order valence-corrected chi connectivity index (χ2v) is 4.16. The summed E-state index contributed by atoms with van der Waals surface area (Å²) >= 11 is 1.73. The molecule has 0 bridgehead atoms. The second kappa shape index (κ2) is 6.53. The topological polar surface area (TPSA) is 37.3 Å². The minimum Gasteiger partial charge on any atom is -0.481 e. The van der Waals surface area contributed by atoms with Crippen molar-refractivity contribution < 1.29 is 9.90 Å². The highest BCUT2D eigenvalue weighted by atomic mass is 32.2. The van der Waals surface area contributed by atoms with Crippen LogP contribution in [-0.4, -0.2) is 22.6 Å². The molecule has 0 aromatic rings. The lowest BCUT2D eigenvalue weighted by atomic mass is 10.2. The molecular weight excluding hydrogens is 160 g/mol. The molecule has 1 N–H and O–H groups in total. The molecule has 0 atom stereocenters.